The van der Waals surface area contributed by atoms with E-state index in [0.717, 1.165) is 5.69 Å². The summed E-state index contributed by atoms with van der Waals surface area (Å²) in [5, 5.41) is 6.11. The normalized spacial score (nSPS) is 10.1. The van der Waals surface area contributed by atoms with Crippen molar-refractivity contribution in [2.75, 3.05) is 10.6 Å². The summed E-state index contributed by atoms with van der Waals surface area (Å²) >= 11 is 0. The van der Waals surface area contributed by atoms with E-state index < -0.39 is 0 Å². The predicted octanol–water partition coefficient (Wildman–Crippen LogP) is 5.21. The second-order valence-corrected chi connectivity index (χ2v) is 5.10. The van der Waals surface area contributed by atoms with Crippen molar-refractivity contribution in [3.8, 4) is 0 Å². The zero-order chi connectivity index (χ0) is 16.1. The molecule has 2 nitrogen and oxygen atoms in total. The van der Waals surface area contributed by atoms with E-state index in [4.69, 9.17) is 0 Å². The van der Waals surface area contributed by atoms with Crippen molar-refractivity contribution < 1.29 is 8.78 Å². The summed E-state index contributed by atoms with van der Waals surface area (Å²) in [5.41, 5.74) is 3.38. The Bertz CT molecular complexity index is 691. The quantitative estimate of drug-likeness (QED) is 0.764. The molecule has 2 rings (SSSR count). The molecule has 0 radical (unpaired) electrons. The molecule has 0 spiro atoms. The molecule has 22 heavy (non-hydrogen) atoms. The van der Waals surface area contributed by atoms with Crippen molar-refractivity contribution in [3.63, 3.8) is 0 Å². The molecule has 0 saturated heterocycles. The first-order chi connectivity index (χ1) is 10.4. The summed E-state index contributed by atoms with van der Waals surface area (Å²) in [5.74, 6) is -0.551. The molecule has 0 fully saturated rings. The monoisotopic (exact) mass is 300 g/mol. The molecule has 2 N–H and O–H groups in total. The van der Waals surface area contributed by atoms with Crippen LogP contribution in [0.25, 0.3) is 0 Å². The lowest BCUT2D eigenvalue weighted by Gasteiger charge is -2.14. The molecule has 0 bridgehead atoms. The lowest BCUT2D eigenvalue weighted by atomic mass is 10.2. The van der Waals surface area contributed by atoms with E-state index in [-0.39, 0.29) is 11.6 Å². The summed E-state index contributed by atoms with van der Waals surface area (Å²) in [6, 6.07) is 10.9. The van der Waals surface area contributed by atoms with Crippen LogP contribution in [0.3, 0.4) is 0 Å². The fourth-order valence-electron chi connectivity index (χ4n) is 1.96. The molecule has 0 unspecified atom stereocenters. The minimum absolute atomic E-state index is 0.263. The Morgan fingerprint density at radius 3 is 2.05 bits per heavy atom. The van der Waals surface area contributed by atoms with Crippen molar-refractivity contribution >= 4 is 11.4 Å². The lowest BCUT2D eigenvalue weighted by Crippen LogP contribution is -2.05. The van der Waals surface area contributed by atoms with Crippen LogP contribution in [0.5, 0.6) is 0 Å². The van der Waals surface area contributed by atoms with Gasteiger partial charge in [0.1, 0.15) is 11.6 Å². The highest BCUT2D eigenvalue weighted by atomic mass is 19.1. The van der Waals surface area contributed by atoms with Crippen molar-refractivity contribution in [1.29, 1.82) is 0 Å². The number of benzene rings is 2. The number of rotatable bonds is 6. The Labute approximate surface area is 129 Å². The molecular formula is C18H18F2N2. The minimum atomic E-state index is -0.288. The molecule has 2 aromatic rings. The molecule has 0 aromatic heterocycles. The molecule has 0 atom stereocenters. The smallest absolute Gasteiger partial charge is 0.128 e. The first kappa shape index (κ1) is 15.8. The van der Waals surface area contributed by atoms with Gasteiger partial charge in [-0.15, -0.1) is 0 Å². The van der Waals surface area contributed by atoms with Gasteiger partial charge in [0.2, 0.25) is 0 Å². The van der Waals surface area contributed by atoms with E-state index in [1.165, 1.54) is 18.2 Å². The summed E-state index contributed by atoms with van der Waals surface area (Å²) in [6.45, 7) is 9.52. The fraction of sp³-hybridized carbons (Fsp3) is 0.111. The Morgan fingerprint density at radius 2 is 1.45 bits per heavy atom. The third-order valence-corrected chi connectivity index (χ3v) is 3.09. The molecule has 0 aliphatic rings. The van der Waals surface area contributed by atoms with Crippen LogP contribution < -0.4 is 10.6 Å². The third-order valence-electron chi connectivity index (χ3n) is 3.09. The highest BCUT2D eigenvalue weighted by Crippen LogP contribution is 2.18. The van der Waals surface area contributed by atoms with Crippen LogP contribution in [0.1, 0.15) is 12.0 Å². The standard InChI is InChI=1S/C18H18F2N2/c1-12-4-7-17(11-18(12)20)22-14(3)10-13(2)21-16-8-5-15(19)6-9-16/h4-9,11,21-22H,2-3,10H2,1H3. The average Bonchev–Trinajstić information content (AvgIpc) is 2.45. The second-order valence-electron chi connectivity index (χ2n) is 5.10. The van der Waals surface area contributed by atoms with Gasteiger partial charge < -0.3 is 10.6 Å². The second kappa shape index (κ2) is 6.89. The van der Waals surface area contributed by atoms with Crippen molar-refractivity contribution in [2.24, 2.45) is 0 Å². The van der Waals surface area contributed by atoms with Crippen LogP contribution in [-0.4, -0.2) is 0 Å². The lowest BCUT2D eigenvalue weighted by molar-refractivity contribution is 0.619. The molecule has 0 aliphatic heterocycles. The minimum Gasteiger partial charge on any atom is -0.359 e. The molecule has 0 saturated carbocycles. The Morgan fingerprint density at radius 1 is 0.909 bits per heavy atom. The number of halogens is 2. The van der Waals surface area contributed by atoms with Gasteiger partial charge in [-0.05, 0) is 48.9 Å². The van der Waals surface area contributed by atoms with Crippen LogP contribution in [-0.2, 0) is 0 Å². The van der Waals surface area contributed by atoms with E-state index >= 15 is 0 Å². The summed E-state index contributed by atoms with van der Waals surface area (Å²) < 4.78 is 26.3. The number of anilines is 2. The molecular weight excluding hydrogens is 282 g/mol. The van der Waals surface area contributed by atoms with Crippen LogP contribution in [0.2, 0.25) is 0 Å². The summed E-state index contributed by atoms with van der Waals surface area (Å²) in [4.78, 5) is 0. The molecule has 0 amide bonds. The first-order valence-corrected chi connectivity index (χ1v) is 6.85. The highest BCUT2D eigenvalue weighted by molar-refractivity contribution is 5.52. The van der Waals surface area contributed by atoms with Gasteiger partial charge in [-0.25, -0.2) is 8.78 Å². The van der Waals surface area contributed by atoms with E-state index in [1.54, 1.807) is 31.2 Å². The SMILES string of the molecule is C=C(CC(=C)Nc1ccc(C)c(F)c1)Nc1ccc(F)cc1. The Hall–Kier alpha value is -2.62. The third kappa shape index (κ3) is 4.45. The molecule has 0 heterocycles. The largest absolute Gasteiger partial charge is 0.359 e. The fourth-order valence-corrected chi connectivity index (χ4v) is 1.96. The Kier molecular flexibility index (Phi) is 4.94. The van der Waals surface area contributed by atoms with Crippen LogP contribution in [0.15, 0.2) is 67.0 Å². The van der Waals surface area contributed by atoms with Crippen molar-refractivity contribution in [1.82, 2.24) is 0 Å². The molecule has 0 aliphatic carbocycles. The van der Waals surface area contributed by atoms with Crippen molar-refractivity contribution in [3.05, 3.63) is 84.2 Å². The molecule has 4 heteroatoms. The van der Waals surface area contributed by atoms with E-state index in [0.29, 0.717) is 29.1 Å². The van der Waals surface area contributed by atoms with E-state index in [2.05, 4.69) is 23.8 Å². The molecule has 114 valence electrons. The number of hydrogen-bond donors (Lipinski definition) is 2. The van der Waals surface area contributed by atoms with Crippen LogP contribution >= 0.6 is 0 Å². The van der Waals surface area contributed by atoms with Crippen LogP contribution in [0.4, 0.5) is 20.2 Å². The summed E-state index contributed by atoms with van der Waals surface area (Å²) in [7, 11) is 0. The van der Waals surface area contributed by atoms with Gasteiger partial charge in [0.25, 0.3) is 0 Å². The van der Waals surface area contributed by atoms with Crippen LogP contribution in [0, 0.1) is 18.6 Å². The number of aryl methyl sites for hydroxylation is 1. The zero-order valence-electron chi connectivity index (χ0n) is 12.4. The van der Waals surface area contributed by atoms with Gasteiger partial charge in [-0.3, -0.25) is 0 Å². The summed E-state index contributed by atoms with van der Waals surface area (Å²) in [6.07, 6.45) is 0.465. The first-order valence-electron chi connectivity index (χ1n) is 6.85. The number of nitrogens with one attached hydrogen (secondary N) is 2. The van der Waals surface area contributed by atoms with Gasteiger partial charge in [0.15, 0.2) is 0 Å². The highest BCUT2D eigenvalue weighted by Gasteiger charge is 2.03. The maximum atomic E-state index is 13.5. The predicted molar refractivity (Wildman–Crippen MR) is 87.7 cm³/mol. The molecule has 2 aromatic carbocycles. The average molecular weight is 300 g/mol. The Balaban J connectivity index is 1.89. The zero-order valence-corrected chi connectivity index (χ0v) is 12.4. The topological polar surface area (TPSA) is 24.1 Å². The van der Waals surface area contributed by atoms with Gasteiger partial charge in [-0.2, -0.15) is 0 Å². The van der Waals surface area contributed by atoms with Gasteiger partial charge >= 0.3 is 0 Å². The van der Waals surface area contributed by atoms with Gasteiger partial charge in [0.05, 0.1) is 0 Å². The maximum Gasteiger partial charge on any atom is 0.128 e. The maximum absolute atomic E-state index is 13.5. The number of hydrogen-bond acceptors (Lipinski definition) is 2. The van der Waals surface area contributed by atoms with Crippen molar-refractivity contribution in [2.45, 2.75) is 13.3 Å². The van der Waals surface area contributed by atoms with E-state index in [9.17, 15) is 8.78 Å². The van der Waals surface area contributed by atoms with Gasteiger partial charge in [0, 0.05) is 29.2 Å². The van der Waals surface area contributed by atoms with Gasteiger partial charge in [-0.1, -0.05) is 19.2 Å². The van der Waals surface area contributed by atoms with E-state index in [1.807, 2.05) is 0 Å².